The number of hydrogen-bond acceptors (Lipinski definition) is 6. The maximum Gasteiger partial charge on any atom is 0.225 e. The van der Waals surface area contributed by atoms with E-state index in [2.05, 4.69) is 19.2 Å². The van der Waals surface area contributed by atoms with Gasteiger partial charge in [-0.3, -0.25) is 14.4 Å². The molecular formula is C33H55N3O6. The van der Waals surface area contributed by atoms with Gasteiger partial charge < -0.3 is 29.7 Å². The second-order valence-corrected chi connectivity index (χ2v) is 12.4. The highest BCUT2D eigenvalue weighted by atomic mass is 16.5. The molecule has 1 aromatic carbocycles. The van der Waals surface area contributed by atoms with E-state index < -0.39 is 30.3 Å². The summed E-state index contributed by atoms with van der Waals surface area (Å²) >= 11 is 0. The normalized spacial score (nSPS) is 20.4. The number of nitrogens with zero attached hydrogens (tertiary/aromatic N) is 2. The second-order valence-electron chi connectivity index (χ2n) is 12.4. The van der Waals surface area contributed by atoms with Crippen molar-refractivity contribution in [2.75, 3.05) is 27.8 Å². The number of likely N-dealkylation sites (N-methyl/N-ethyl adjacent to an activating group) is 1. The van der Waals surface area contributed by atoms with Crippen LogP contribution in [-0.2, 0) is 23.9 Å². The maximum absolute atomic E-state index is 13.8. The lowest BCUT2D eigenvalue weighted by Crippen LogP contribution is -2.53. The summed E-state index contributed by atoms with van der Waals surface area (Å²) in [6, 6.07) is 8.22. The van der Waals surface area contributed by atoms with Gasteiger partial charge in [-0.2, -0.15) is 0 Å². The van der Waals surface area contributed by atoms with Crippen LogP contribution in [0.5, 0.6) is 0 Å². The monoisotopic (exact) mass is 589 g/mol. The minimum absolute atomic E-state index is 0.0507. The van der Waals surface area contributed by atoms with Gasteiger partial charge in [0.15, 0.2) is 0 Å². The van der Waals surface area contributed by atoms with E-state index in [4.69, 9.17) is 9.47 Å². The number of carbonyl (C=O) groups is 3. The van der Waals surface area contributed by atoms with Crippen molar-refractivity contribution in [2.24, 2.45) is 17.8 Å². The van der Waals surface area contributed by atoms with E-state index in [1.54, 1.807) is 33.0 Å². The zero-order valence-electron chi connectivity index (χ0n) is 27.2. The number of likely N-dealkylation sites (tertiary alicyclic amines) is 1. The van der Waals surface area contributed by atoms with Gasteiger partial charge in [0.25, 0.3) is 0 Å². The fourth-order valence-corrected chi connectivity index (χ4v) is 6.19. The molecule has 9 nitrogen and oxygen atoms in total. The van der Waals surface area contributed by atoms with E-state index in [0.717, 1.165) is 24.8 Å². The predicted octanol–water partition coefficient (Wildman–Crippen LogP) is 4.19. The number of carbonyl (C=O) groups excluding carboxylic acids is 3. The van der Waals surface area contributed by atoms with Gasteiger partial charge in [0.2, 0.25) is 17.7 Å². The molecule has 1 aromatic rings. The largest absolute Gasteiger partial charge is 0.386 e. The predicted molar refractivity (Wildman–Crippen MR) is 165 cm³/mol. The van der Waals surface area contributed by atoms with Crippen molar-refractivity contribution in [3.8, 4) is 0 Å². The van der Waals surface area contributed by atoms with Gasteiger partial charge in [0, 0.05) is 34.2 Å². The Balaban J connectivity index is 2.15. The summed E-state index contributed by atoms with van der Waals surface area (Å²) in [5.74, 6) is -0.424. The molecule has 1 saturated heterocycles. The number of rotatable bonds is 16. The third-order valence-electron chi connectivity index (χ3n) is 8.87. The third kappa shape index (κ3) is 9.25. The quantitative estimate of drug-likeness (QED) is 0.299. The van der Waals surface area contributed by atoms with E-state index >= 15 is 0 Å². The molecule has 238 valence electrons. The molecule has 1 aliphatic rings. The molecule has 4 unspecified atom stereocenters. The zero-order valence-corrected chi connectivity index (χ0v) is 27.2. The second kappa shape index (κ2) is 17.0. The minimum atomic E-state index is -0.845. The van der Waals surface area contributed by atoms with Gasteiger partial charge in [0.1, 0.15) is 0 Å². The molecule has 1 heterocycles. The number of aliphatic hydroxyl groups excluding tert-OH is 1. The van der Waals surface area contributed by atoms with Crippen LogP contribution in [0.3, 0.4) is 0 Å². The van der Waals surface area contributed by atoms with Crippen molar-refractivity contribution in [1.82, 2.24) is 15.1 Å². The molecule has 2 N–H and O–H groups in total. The molecule has 0 aromatic heterocycles. The van der Waals surface area contributed by atoms with Crippen LogP contribution < -0.4 is 5.32 Å². The lowest BCUT2D eigenvalue weighted by atomic mass is 9.90. The molecule has 0 aliphatic carbocycles. The van der Waals surface area contributed by atoms with Crippen LogP contribution in [0.2, 0.25) is 0 Å². The smallest absolute Gasteiger partial charge is 0.225 e. The highest BCUT2D eigenvalue weighted by molar-refractivity contribution is 5.81. The third-order valence-corrected chi connectivity index (χ3v) is 8.87. The van der Waals surface area contributed by atoms with Crippen LogP contribution in [0.25, 0.3) is 0 Å². The molecule has 0 bridgehead atoms. The first kappa shape index (κ1) is 35.7. The van der Waals surface area contributed by atoms with Crippen LogP contribution in [0.1, 0.15) is 85.3 Å². The van der Waals surface area contributed by atoms with Crippen LogP contribution in [0.4, 0.5) is 0 Å². The molecule has 2 rings (SSSR count). The number of aliphatic hydroxyl groups is 1. The SMILES string of the molecule is CC[C@H](C)[C@@H]([C@@H](CC(=O)N1CCCC1C(OC)C(C)C(=O)N[C@H](C)C(O)c1ccccc1)OC)N(C)C(=O)CC(C)C. The van der Waals surface area contributed by atoms with Crippen LogP contribution in [0, 0.1) is 17.8 Å². The lowest BCUT2D eigenvalue weighted by molar-refractivity contribution is -0.146. The van der Waals surface area contributed by atoms with E-state index in [0.29, 0.717) is 13.0 Å². The van der Waals surface area contributed by atoms with E-state index in [1.807, 2.05) is 56.1 Å². The first-order chi connectivity index (χ1) is 19.9. The van der Waals surface area contributed by atoms with Gasteiger partial charge in [-0.1, -0.05) is 71.4 Å². The maximum atomic E-state index is 13.8. The molecule has 3 amide bonds. The Kier molecular flexibility index (Phi) is 14.4. The molecule has 8 atom stereocenters. The number of nitrogens with one attached hydrogen (secondary N) is 1. The highest BCUT2D eigenvalue weighted by Crippen LogP contribution is 2.30. The minimum Gasteiger partial charge on any atom is -0.386 e. The number of amides is 3. The van der Waals surface area contributed by atoms with Crippen molar-refractivity contribution in [1.29, 1.82) is 0 Å². The number of ether oxygens (including phenoxy) is 2. The molecule has 42 heavy (non-hydrogen) atoms. The summed E-state index contributed by atoms with van der Waals surface area (Å²) in [6.07, 6.45) is 1.15. The summed E-state index contributed by atoms with van der Waals surface area (Å²) in [4.78, 5) is 43.7. The number of hydrogen-bond donors (Lipinski definition) is 2. The molecule has 1 aliphatic heterocycles. The fourth-order valence-electron chi connectivity index (χ4n) is 6.19. The summed E-state index contributed by atoms with van der Waals surface area (Å²) in [5.41, 5.74) is 0.730. The fraction of sp³-hybridized carbons (Fsp3) is 0.727. The van der Waals surface area contributed by atoms with Crippen molar-refractivity contribution >= 4 is 17.7 Å². The van der Waals surface area contributed by atoms with Crippen LogP contribution in [-0.4, -0.2) is 90.8 Å². The van der Waals surface area contributed by atoms with Gasteiger partial charge in [-0.25, -0.2) is 0 Å². The summed E-state index contributed by atoms with van der Waals surface area (Å²) in [7, 11) is 4.99. The molecule has 1 fully saturated rings. The highest BCUT2D eigenvalue weighted by Gasteiger charge is 2.42. The topological polar surface area (TPSA) is 108 Å². The summed E-state index contributed by atoms with van der Waals surface area (Å²) < 4.78 is 11.8. The average molecular weight is 590 g/mol. The zero-order chi connectivity index (χ0) is 31.6. The molecule has 9 heteroatoms. The number of methoxy groups -OCH3 is 2. The van der Waals surface area contributed by atoms with Gasteiger partial charge in [-0.05, 0) is 37.2 Å². The Bertz CT molecular complexity index is 989. The Morgan fingerprint density at radius 1 is 1.05 bits per heavy atom. The Morgan fingerprint density at radius 2 is 1.69 bits per heavy atom. The molecule has 0 radical (unpaired) electrons. The first-order valence-electron chi connectivity index (χ1n) is 15.5. The van der Waals surface area contributed by atoms with Crippen molar-refractivity contribution < 1.29 is 29.0 Å². The van der Waals surface area contributed by atoms with E-state index in [9.17, 15) is 19.5 Å². The molecule has 0 saturated carbocycles. The van der Waals surface area contributed by atoms with Crippen LogP contribution >= 0.6 is 0 Å². The van der Waals surface area contributed by atoms with Crippen molar-refractivity contribution in [2.45, 2.75) is 110 Å². The first-order valence-corrected chi connectivity index (χ1v) is 15.5. The average Bonchev–Trinajstić information content (AvgIpc) is 3.46. The number of benzene rings is 1. The van der Waals surface area contributed by atoms with Crippen molar-refractivity contribution in [3.63, 3.8) is 0 Å². The standard InChI is InChI=1S/C33H55N3O6/c1-10-22(4)30(35(7)28(37)19-21(2)3)27(41-8)20-29(38)36-18-14-17-26(36)32(42-9)23(5)33(40)34-24(6)31(39)25-15-12-11-13-16-25/h11-13,15-16,21-24,26-27,30-32,39H,10,14,17-20H2,1-9H3,(H,34,40)/t22-,23?,24+,26?,27+,30-,31?,32?/m0/s1. The van der Waals surface area contributed by atoms with Crippen molar-refractivity contribution in [3.05, 3.63) is 35.9 Å². The van der Waals surface area contributed by atoms with Crippen LogP contribution in [0.15, 0.2) is 30.3 Å². The van der Waals surface area contributed by atoms with E-state index in [-0.39, 0.29) is 48.1 Å². The van der Waals surface area contributed by atoms with Gasteiger partial charge >= 0.3 is 0 Å². The van der Waals surface area contributed by atoms with Gasteiger partial charge in [0.05, 0.1) is 48.8 Å². The summed E-state index contributed by atoms with van der Waals surface area (Å²) in [5, 5.41) is 13.7. The molecular weight excluding hydrogens is 534 g/mol. The van der Waals surface area contributed by atoms with Gasteiger partial charge in [-0.15, -0.1) is 0 Å². The lowest BCUT2D eigenvalue weighted by Gasteiger charge is -2.39. The van der Waals surface area contributed by atoms with E-state index in [1.165, 1.54) is 0 Å². The Morgan fingerprint density at radius 3 is 2.24 bits per heavy atom. The Hall–Kier alpha value is -2.49. The Labute approximate surface area is 253 Å². The molecule has 0 spiro atoms. The summed E-state index contributed by atoms with van der Waals surface area (Å²) in [6.45, 7) is 12.4.